The molecule has 1 unspecified atom stereocenters. The van der Waals surface area contributed by atoms with Gasteiger partial charge in [-0.3, -0.25) is 0 Å². The van der Waals surface area contributed by atoms with E-state index in [0.717, 1.165) is 18.2 Å². The Morgan fingerprint density at radius 2 is 1.94 bits per heavy atom. The average molecular weight is 334 g/mol. The largest absolute Gasteiger partial charge is 1.00 e. The third-order valence-corrected chi connectivity index (χ3v) is 4.09. The normalized spacial score (nSPS) is 12.6. The van der Waals surface area contributed by atoms with Crippen molar-refractivity contribution in [3.63, 3.8) is 0 Å². The van der Waals surface area contributed by atoms with Gasteiger partial charge in [-0.25, -0.2) is 0 Å². The van der Waals surface area contributed by atoms with Crippen LogP contribution in [0.15, 0.2) is 18.2 Å². The molecule has 1 aromatic rings. The van der Waals surface area contributed by atoms with Crippen molar-refractivity contribution >= 4 is 35.3 Å². The summed E-state index contributed by atoms with van der Waals surface area (Å²) in [6, 6.07) is 3.27. The van der Waals surface area contributed by atoms with Crippen molar-refractivity contribution in [3.8, 4) is 5.75 Å². The van der Waals surface area contributed by atoms with Crippen molar-refractivity contribution in [2.75, 3.05) is 11.2 Å². The molecule has 0 saturated heterocycles. The van der Waals surface area contributed by atoms with Crippen molar-refractivity contribution in [2.45, 2.75) is 0 Å². The topological polar surface area (TPSA) is 127 Å². The Balaban J connectivity index is 0.00000256. The molecule has 1 rings (SSSR count). The van der Waals surface area contributed by atoms with Gasteiger partial charge in [0.05, 0.1) is 0 Å². The molecule has 0 fully saturated rings. The maximum atomic E-state index is 11.0. The second kappa shape index (κ2) is 6.96. The number of hydrogen-bond acceptors (Lipinski definition) is 4. The van der Waals surface area contributed by atoms with Crippen LogP contribution in [0.4, 0.5) is 5.69 Å². The third-order valence-electron chi connectivity index (χ3n) is 1.70. The van der Waals surface area contributed by atoms with Gasteiger partial charge in [-0.15, -0.1) is 0 Å². The summed E-state index contributed by atoms with van der Waals surface area (Å²) in [6.07, 6.45) is 0. The smallest absolute Gasteiger partial charge is 1.00 e. The molecule has 0 aromatic heterocycles. The van der Waals surface area contributed by atoms with Crippen LogP contribution in [0.3, 0.4) is 0 Å². The van der Waals surface area contributed by atoms with Gasteiger partial charge in [-0.2, -0.15) is 0 Å². The molecule has 90 valence electrons. The summed E-state index contributed by atoms with van der Waals surface area (Å²) < 4.78 is 47.5. The maximum absolute atomic E-state index is 11.0. The van der Waals surface area contributed by atoms with E-state index < -0.39 is 25.3 Å². The van der Waals surface area contributed by atoms with E-state index in [0.29, 0.717) is 0 Å². The fraction of sp³-hybridized carbons (Fsp3) is 0.143. The van der Waals surface area contributed by atoms with E-state index in [9.17, 15) is 13.1 Å². The molecule has 0 spiro atoms. The molecule has 0 radical (unpaired) electrons. The van der Waals surface area contributed by atoms with Crippen molar-refractivity contribution < 1.29 is 55.4 Å². The molecule has 0 aliphatic rings. The standard InChI is InChI=1S/C7H10AsNO6S.Na/c10-7-2-1-5(8(11,12)13)3-6(7)9-4-16(14)15;/h1-3,9-10H,4H2,(H,14,15)(H2,11,12,13);/q;+1. The van der Waals surface area contributed by atoms with Crippen LogP contribution < -0.4 is 39.2 Å². The third kappa shape index (κ3) is 5.58. The number of hydrogen-bond donors (Lipinski definition) is 5. The molecule has 0 aliphatic heterocycles. The second-order valence-electron chi connectivity index (χ2n) is 2.89. The van der Waals surface area contributed by atoms with Crippen LogP contribution in [-0.4, -0.2) is 42.1 Å². The van der Waals surface area contributed by atoms with Gasteiger partial charge in [-0.1, -0.05) is 0 Å². The monoisotopic (exact) mass is 334 g/mol. The molecule has 1 aromatic carbocycles. The van der Waals surface area contributed by atoms with Crippen molar-refractivity contribution in [3.05, 3.63) is 18.2 Å². The van der Waals surface area contributed by atoms with Crippen LogP contribution in [0.25, 0.3) is 0 Å². The molecule has 17 heavy (non-hydrogen) atoms. The number of benzene rings is 1. The first-order valence-electron chi connectivity index (χ1n) is 4.01. The summed E-state index contributed by atoms with van der Waals surface area (Å²) >= 11 is -7.13. The fourth-order valence-electron chi connectivity index (χ4n) is 0.986. The quantitative estimate of drug-likeness (QED) is 0.214. The minimum atomic E-state index is -5.02. The Morgan fingerprint density at radius 1 is 1.35 bits per heavy atom. The summed E-state index contributed by atoms with van der Waals surface area (Å²) in [5.74, 6) is -0.594. The zero-order valence-electron chi connectivity index (χ0n) is 8.90. The molecule has 0 amide bonds. The molecule has 0 saturated carbocycles. The van der Waals surface area contributed by atoms with Crippen LogP contribution in [0.1, 0.15) is 0 Å². The molecule has 10 heteroatoms. The summed E-state index contributed by atoms with van der Waals surface area (Å²) in [7, 11) is 0. The number of phenolic OH excluding ortho intramolecular Hbond substituents is 1. The predicted molar refractivity (Wildman–Crippen MR) is 57.9 cm³/mol. The van der Waals surface area contributed by atoms with Gasteiger partial charge >= 0.3 is 126 Å². The van der Waals surface area contributed by atoms with E-state index in [4.69, 9.17) is 12.7 Å². The van der Waals surface area contributed by atoms with Crippen LogP contribution in [0.2, 0.25) is 0 Å². The molecule has 0 heterocycles. The van der Waals surface area contributed by atoms with E-state index >= 15 is 0 Å². The van der Waals surface area contributed by atoms with Crippen LogP contribution >= 0.6 is 0 Å². The Labute approximate surface area is 125 Å². The van der Waals surface area contributed by atoms with Crippen LogP contribution in [0.5, 0.6) is 5.75 Å². The van der Waals surface area contributed by atoms with Gasteiger partial charge in [0, 0.05) is 0 Å². The number of anilines is 1. The summed E-state index contributed by atoms with van der Waals surface area (Å²) in [5.41, 5.74) is 0.00429. The summed E-state index contributed by atoms with van der Waals surface area (Å²) in [5, 5.41) is 11.7. The number of phenols is 1. The number of nitrogens with one attached hydrogen (secondary N) is 1. The van der Waals surface area contributed by atoms with E-state index in [1.807, 2.05) is 0 Å². The van der Waals surface area contributed by atoms with Gasteiger partial charge in [0.1, 0.15) is 0 Å². The fourth-order valence-corrected chi connectivity index (χ4v) is 2.45. The first-order valence-corrected chi connectivity index (χ1v) is 8.67. The Bertz CT molecular complexity index is 464. The Kier molecular flexibility index (Phi) is 7.05. The second-order valence-corrected chi connectivity index (χ2v) is 7.19. The zero-order chi connectivity index (χ0) is 12.3. The maximum Gasteiger partial charge on any atom is 1.00 e. The minimum absolute atomic E-state index is 0. The number of aromatic hydroxyl groups is 1. The molecule has 7 nitrogen and oxygen atoms in total. The summed E-state index contributed by atoms with van der Waals surface area (Å²) in [4.78, 5) is 0. The van der Waals surface area contributed by atoms with Crippen LogP contribution in [-0.2, 0) is 14.8 Å². The van der Waals surface area contributed by atoms with E-state index in [1.54, 1.807) is 0 Å². The van der Waals surface area contributed by atoms with E-state index in [-0.39, 0.29) is 51.2 Å². The SMILES string of the molecule is O=S(O)CNc1cc([As](=O)(O)O)ccc1O.[Na+]. The number of rotatable bonds is 4. The molecular formula is C7H10AsNNaO6S+. The first kappa shape index (κ1) is 17.2. The molecular weight excluding hydrogens is 324 g/mol. The van der Waals surface area contributed by atoms with Gasteiger partial charge < -0.3 is 0 Å². The van der Waals surface area contributed by atoms with Gasteiger partial charge in [0.2, 0.25) is 0 Å². The van der Waals surface area contributed by atoms with Gasteiger partial charge in [0.15, 0.2) is 0 Å². The zero-order valence-corrected chi connectivity index (χ0v) is 13.6. The summed E-state index contributed by atoms with van der Waals surface area (Å²) in [6.45, 7) is 0. The van der Waals surface area contributed by atoms with E-state index in [1.165, 1.54) is 0 Å². The predicted octanol–water partition coefficient (Wildman–Crippen LogP) is -4.45. The molecule has 0 aliphatic carbocycles. The molecule has 1 atom stereocenters. The molecule has 0 bridgehead atoms. The van der Waals surface area contributed by atoms with E-state index in [2.05, 4.69) is 5.32 Å². The molecule has 5 N–H and O–H groups in total. The first-order chi connectivity index (χ1) is 7.30. The van der Waals surface area contributed by atoms with Gasteiger partial charge in [0.25, 0.3) is 0 Å². The van der Waals surface area contributed by atoms with Crippen molar-refractivity contribution in [2.24, 2.45) is 0 Å². The van der Waals surface area contributed by atoms with Crippen molar-refractivity contribution in [1.29, 1.82) is 0 Å². The Morgan fingerprint density at radius 3 is 2.41 bits per heavy atom. The average Bonchev–Trinajstić information content (AvgIpc) is 2.14. The van der Waals surface area contributed by atoms with Crippen LogP contribution in [0, 0.1) is 0 Å². The minimum Gasteiger partial charge on any atom is 1.00 e. The Hall–Kier alpha value is 0.208. The van der Waals surface area contributed by atoms with Crippen molar-refractivity contribution in [1.82, 2.24) is 0 Å². The van der Waals surface area contributed by atoms with Gasteiger partial charge in [-0.05, 0) is 0 Å².